The van der Waals surface area contributed by atoms with E-state index in [-0.39, 0.29) is 12.1 Å². The van der Waals surface area contributed by atoms with E-state index in [0.717, 1.165) is 74.4 Å². The summed E-state index contributed by atoms with van der Waals surface area (Å²) in [6.45, 7) is 2.90. The minimum Gasteiger partial charge on any atom is -0.390 e. The van der Waals surface area contributed by atoms with E-state index in [1.807, 2.05) is 6.07 Å². The zero-order valence-corrected chi connectivity index (χ0v) is 20.1. The van der Waals surface area contributed by atoms with Crippen molar-refractivity contribution in [3.05, 3.63) is 18.5 Å². The van der Waals surface area contributed by atoms with Crippen LogP contribution in [0.3, 0.4) is 0 Å². The lowest BCUT2D eigenvalue weighted by atomic mass is 9.52. The van der Waals surface area contributed by atoms with Crippen molar-refractivity contribution in [3.63, 3.8) is 0 Å². The van der Waals surface area contributed by atoms with Crippen molar-refractivity contribution in [2.75, 3.05) is 25.0 Å². The molecule has 4 saturated carbocycles. The Labute approximate surface area is 207 Å². The van der Waals surface area contributed by atoms with Crippen molar-refractivity contribution in [2.45, 2.75) is 56.2 Å². The summed E-state index contributed by atoms with van der Waals surface area (Å²) in [5, 5.41) is 22.1. The molecular weight excluding hydrogens is 458 g/mol. The second kappa shape index (κ2) is 7.29. The molecular formula is C26H31N7O3. The molecule has 6 bridgehead atoms. The van der Waals surface area contributed by atoms with Crippen LogP contribution >= 0.6 is 0 Å². The summed E-state index contributed by atoms with van der Waals surface area (Å²) in [6, 6.07) is 2.20. The van der Waals surface area contributed by atoms with Gasteiger partial charge in [0.05, 0.1) is 22.5 Å². The van der Waals surface area contributed by atoms with Crippen LogP contribution < -0.4 is 10.6 Å². The molecule has 0 spiro atoms. The van der Waals surface area contributed by atoms with E-state index in [9.17, 15) is 14.7 Å². The van der Waals surface area contributed by atoms with Gasteiger partial charge in [-0.3, -0.25) is 19.4 Å². The van der Waals surface area contributed by atoms with Gasteiger partial charge < -0.3 is 20.6 Å². The molecule has 0 aromatic carbocycles. The number of hydrogen-bond acceptors (Lipinski definition) is 6. The van der Waals surface area contributed by atoms with Crippen LogP contribution in [-0.2, 0) is 9.59 Å². The molecule has 188 valence electrons. The highest BCUT2D eigenvalue weighted by Crippen LogP contribution is 2.60. The van der Waals surface area contributed by atoms with Gasteiger partial charge in [0, 0.05) is 36.9 Å². The number of H-pyrrole nitrogens is 1. The van der Waals surface area contributed by atoms with Crippen molar-refractivity contribution in [3.8, 4) is 0 Å². The van der Waals surface area contributed by atoms with Crippen LogP contribution in [0.25, 0.3) is 21.9 Å². The molecule has 2 aliphatic heterocycles. The number of nitrogens with zero attached hydrogens (tertiary/aromatic N) is 4. The number of fused-ring (bicyclic) bond motifs is 5. The van der Waals surface area contributed by atoms with Crippen molar-refractivity contribution < 1.29 is 14.7 Å². The smallest absolute Gasteiger partial charge is 0.314 e. The van der Waals surface area contributed by atoms with E-state index in [2.05, 4.69) is 35.3 Å². The molecule has 10 heteroatoms. The number of hydrogen-bond donors (Lipinski definition) is 4. The molecule has 4 N–H and O–H groups in total. The highest BCUT2D eigenvalue weighted by atomic mass is 16.3. The first-order valence-corrected chi connectivity index (χ1v) is 13.3. The summed E-state index contributed by atoms with van der Waals surface area (Å²) in [7, 11) is 0. The van der Waals surface area contributed by atoms with Gasteiger partial charge in [-0.05, 0) is 74.8 Å². The predicted molar refractivity (Wildman–Crippen MR) is 132 cm³/mol. The number of aliphatic hydroxyl groups is 1. The average Bonchev–Trinajstić information content (AvgIpc) is 3.61. The molecule has 10 nitrogen and oxygen atoms in total. The average molecular weight is 490 g/mol. The molecule has 0 radical (unpaired) electrons. The van der Waals surface area contributed by atoms with Gasteiger partial charge in [-0.2, -0.15) is 0 Å². The normalized spacial score (nSPS) is 38.3. The van der Waals surface area contributed by atoms with Gasteiger partial charge in [-0.25, -0.2) is 9.97 Å². The predicted octanol–water partition coefficient (Wildman–Crippen LogP) is 1.78. The van der Waals surface area contributed by atoms with Crippen LogP contribution in [0, 0.1) is 23.7 Å². The largest absolute Gasteiger partial charge is 0.390 e. The Bertz CT molecular complexity index is 1400. The summed E-state index contributed by atoms with van der Waals surface area (Å²) in [5.41, 5.74) is 1.10. The lowest BCUT2D eigenvalue weighted by molar-refractivity contribution is -0.148. The Kier molecular flexibility index (Phi) is 4.28. The van der Waals surface area contributed by atoms with Crippen LogP contribution in [0.2, 0.25) is 0 Å². The maximum atomic E-state index is 13.0. The number of aromatic amines is 1. The molecule has 3 aromatic heterocycles. The van der Waals surface area contributed by atoms with Gasteiger partial charge in [-0.15, -0.1) is 0 Å². The van der Waals surface area contributed by atoms with Crippen LogP contribution in [0.4, 0.5) is 5.82 Å². The minimum atomic E-state index is -0.664. The van der Waals surface area contributed by atoms with E-state index in [0.29, 0.717) is 35.1 Å². The molecule has 2 amide bonds. The van der Waals surface area contributed by atoms with Gasteiger partial charge in [0.15, 0.2) is 5.65 Å². The Morgan fingerprint density at radius 1 is 1.06 bits per heavy atom. The third-order valence-corrected chi connectivity index (χ3v) is 9.83. The first kappa shape index (κ1) is 21.1. The fourth-order valence-electron chi connectivity index (χ4n) is 8.67. The van der Waals surface area contributed by atoms with Gasteiger partial charge in [-0.1, -0.05) is 0 Å². The quantitative estimate of drug-likeness (QED) is 0.415. The van der Waals surface area contributed by atoms with Crippen LogP contribution in [0.5, 0.6) is 0 Å². The summed E-state index contributed by atoms with van der Waals surface area (Å²) in [4.78, 5) is 37.1. The number of nitrogens with one attached hydrogen (secondary N) is 3. The number of rotatable bonds is 3. The van der Waals surface area contributed by atoms with Crippen LogP contribution in [-0.4, -0.2) is 72.8 Å². The van der Waals surface area contributed by atoms with Crippen molar-refractivity contribution in [1.29, 1.82) is 0 Å². The Hall–Kier alpha value is -2.98. The topological polar surface area (TPSA) is 128 Å². The maximum Gasteiger partial charge on any atom is 0.314 e. The summed E-state index contributed by atoms with van der Waals surface area (Å²) in [5.74, 6) is 1.01. The minimum absolute atomic E-state index is 0.0397. The molecule has 5 heterocycles. The Morgan fingerprint density at radius 2 is 1.89 bits per heavy atom. The second-order valence-electron chi connectivity index (χ2n) is 12.1. The number of carbonyl (C=O) groups is 2. The highest BCUT2D eigenvalue weighted by Gasteiger charge is 2.55. The van der Waals surface area contributed by atoms with Crippen LogP contribution in [0.1, 0.15) is 44.6 Å². The first-order valence-electron chi connectivity index (χ1n) is 13.3. The summed E-state index contributed by atoms with van der Waals surface area (Å²) in [6.07, 6.45) is 9.36. The number of pyridine rings is 1. The molecule has 36 heavy (non-hydrogen) atoms. The molecule has 6 fully saturated rings. The van der Waals surface area contributed by atoms with E-state index in [1.54, 1.807) is 12.4 Å². The molecule has 2 saturated heterocycles. The van der Waals surface area contributed by atoms with E-state index < -0.39 is 17.4 Å². The highest BCUT2D eigenvalue weighted by molar-refractivity contribution is 6.40. The van der Waals surface area contributed by atoms with Gasteiger partial charge in [0.1, 0.15) is 5.82 Å². The Balaban J connectivity index is 1.14. The van der Waals surface area contributed by atoms with Gasteiger partial charge in [0.25, 0.3) is 0 Å². The number of aromatic nitrogens is 4. The molecule has 8 atom stereocenters. The lowest BCUT2D eigenvalue weighted by Gasteiger charge is -2.58. The number of anilines is 1. The van der Waals surface area contributed by atoms with Crippen LogP contribution in [0.15, 0.2) is 18.5 Å². The maximum absolute atomic E-state index is 13.0. The van der Waals surface area contributed by atoms with Gasteiger partial charge >= 0.3 is 11.8 Å². The zero-order valence-electron chi connectivity index (χ0n) is 20.1. The number of amides is 2. The van der Waals surface area contributed by atoms with E-state index in [1.165, 1.54) is 0 Å². The Morgan fingerprint density at radius 3 is 2.61 bits per heavy atom. The second-order valence-corrected chi connectivity index (χ2v) is 12.1. The first-order chi connectivity index (χ1) is 17.4. The molecule has 3 aromatic rings. The number of piperidine rings is 1. The fraction of sp³-hybridized carbons (Fsp3) is 0.615. The van der Waals surface area contributed by atoms with E-state index in [4.69, 9.17) is 0 Å². The molecule has 5 unspecified atom stereocenters. The lowest BCUT2D eigenvalue weighted by Crippen LogP contribution is -2.55. The standard InChI is InChI=1S/C26H31N7O3/c34-24(29-19-12-32-4-2-14(19)11-32)25(35)30-23-18-10-28-22-17(1-3-27-22)21(18)33(31-23)20-15-5-13-6-16(20)9-26(36,7-13)8-15/h1,3,10,13-16,19-20,31,36H,2,4-9,11-12H2,(H,29,34)(H,30,35)/t13?,14-,15-,16+,19?,20?,26?/m0/s1. The molecule has 4 aliphatic carbocycles. The molecule has 6 aliphatic rings. The number of carbonyl (C=O) groups excluding carboxylic acids is 2. The fourth-order valence-corrected chi connectivity index (χ4v) is 8.67. The van der Waals surface area contributed by atoms with E-state index >= 15 is 0 Å². The third kappa shape index (κ3) is 3.03. The zero-order chi connectivity index (χ0) is 24.2. The summed E-state index contributed by atoms with van der Waals surface area (Å²) < 4.78 is 2.19. The van der Waals surface area contributed by atoms with Gasteiger partial charge in [0.2, 0.25) is 0 Å². The molecule has 9 rings (SSSR count). The van der Waals surface area contributed by atoms with Crippen molar-refractivity contribution >= 4 is 39.6 Å². The summed E-state index contributed by atoms with van der Waals surface area (Å²) >= 11 is 0. The van der Waals surface area contributed by atoms with Crippen molar-refractivity contribution in [1.82, 2.24) is 30.0 Å². The monoisotopic (exact) mass is 489 g/mol. The SMILES string of the molecule is O=C(Nc1[nH]n(C2[C@@H]3CC4C[C@H]2CC(O)(C4)C3)c2c1cnc1nccc12)C(=O)NC1CN2CC[C@H]1C2. The van der Waals surface area contributed by atoms with Crippen molar-refractivity contribution in [2.24, 2.45) is 23.7 Å². The third-order valence-electron chi connectivity index (χ3n) is 9.83.